The summed E-state index contributed by atoms with van der Waals surface area (Å²) in [6.07, 6.45) is 6.49. The van der Waals surface area contributed by atoms with Gasteiger partial charge in [0.05, 0.1) is 31.2 Å². The largest absolute Gasteiger partial charge is 0.491 e. The molecule has 33 heavy (non-hydrogen) atoms. The monoisotopic (exact) mass is 461 g/mol. The van der Waals surface area contributed by atoms with Gasteiger partial charge in [-0.15, -0.1) is 0 Å². The van der Waals surface area contributed by atoms with Crippen LogP contribution in [0.3, 0.4) is 0 Å². The standard InChI is InChI=1S/C24H36FN5O3/c1-17(19-12-28-20(13-27-19)29-9-7-23(6,26)8-10-29)11-18(2)32-16-24(25)14-30(15-24)21(31)33-22(3,4)5/h11-13H,2,7-10,14-16,26H2,1,3-6H3/b17-11+. The molecule has 3 heterocycles. The Labute approximate surface area is 195 Å². The summed E-state index contributed by atoms with van der Waals surface area (Å²) < 4.78 is 25.5. The Kier molecular flexibility index (Phi) is 7.02. The summed E-state index contributed by atoms with van der Waals surface area (Å²) in [5.74, 6) is 1.15. The lowest BCUT2D eigenvalue weighted by molar-refractivity contribution is -0.0775. The summed E-state index contributed by atoms with van der Waals surface area (Å²) in [7, 11) is 0. The molecule has 0 atom stereocenters. The number of piperidine rings is 1. The third-order valence-electron chi connectivity index (χ3n) is 5.77. The SMILES string of the molecule is C=C(/C=C(\C)c1cnc(N2CCC(C)(N)CC2)cn1)OCC1(F)CN(C(=O)OC(C)(C)C)C1. The van der Waals surface area contributed by atoms with Crippen molar-refractivity contribution in [1.29, 1.82) is 0 Å². The normalized spacial score (nSPS) is 20.2. The third kappa shape index (κ3) is 6.90. The Morgan fingerprint density at radius 1 is 1.27 bits per heavy atom. The van der Waals surface area contributed by atoms with Crippen LogP contribution in [0.15, 0.2) is 30.8 Å². The number of carbonyl (C=O) groups excluding carboxylic acids is 1. The number of halogens is 1. The zero-order chi connectivity index (χ0) is 24.4. The summed E-state index contributed by atoms with van der Waals surface area (Å²) >= 11 is 0. The van der Waals surface area contributed by atoms with Gasteiger partial charge >= 0.3 is 6.09 Å². The molecule has 0 radical (unpaired) electrons. The van der Waals surface area contributed by atoms with Crippen LogP contribution < -0.4 is 10.6 Å². The van der Waals surface area contributed by atoms with Crippen molar-refractivity contribution in [1.82, 2.24) is 14.9 Å². The van der Waals surface area contributed by atoms with Crippen LogP contribution >= 0.6 is 0 Å². The highest BCUT2D eigenvalue weighted by Crippen LogP contribution is 2.29. The number of amides is 1. The Morgan fingerprint density at radius 2 is 1.91 bits per heavy atom. The first-order valence-electron chi connectivity index (χ1n) is 11.3. The molecule has 2 aliphatic heterocycles. The van der Waals surface area contributed by atoms with Gasteiger partial charge in [-0.25, -0.2) is 14.2 Å². The number of alkyl halides is 1. The van der Waals surface area contributed by atoms with E-state index in [1.807, 2.05) is 6.92 Å². The number of nitrogens with zero attached hydrogens (tertiary/aromatic N) is 4. The lowest BCUT2D eigenvalue weighted by Crippen LogP contribution is -2.63. The van der Waals surface area contributed by atoms with E-state index in [-0.39, 0.29) is 25.2 Å². The zero-order valence-corrected chi connectivity index (χ0v) is 20.4. The maximum atomic E-state index is 14.8. The number of hydrogen-bond donors (Lipinski definition) is 1. The summed E-state index contributed by atoms with van der Waals surface area (Å²) in [5, 5.41) is 0. The lowest BCUT2D eigenvalue weighted by atomic mass is 9.91. The second-order valence-corrected chi connectivity index (χ2v) is 10.5. The Hall–Kier alpha value is -2.68. The highest BCUT2D eigenvalue weighted by molar-refractivity contribution is 5.69. The van der Waals surface area contributed by atoms with E-state index >= 15 is 0 Å². The van der Waals surface area contributed by atoms with E-state index in [0.29, 0.717) is 11.5 Å². The molecule has 0 saturated carbocycles. The smallest absolute Gasteiger partial charge is 0.410 e. The number of ether oxygens (including phenoxy) is 2. The van der Waals surface area contributed by atoms with Crippen molar-refractivity contribution in [3.63, 3.8) is 0 Å². The van der Waals surface area contributed by atoms with Gasteiger partial charge in [-0.05, 0) is 59.1 Å². The summed E-state index contributed by atoms with van der Waals surface area (Å²) in [4.78, 5) is 24.5. The number of aromatic nitrogens is 2. The molecule has 2 N–H and O–H groups in total. The number of nitrogens with two attached hydrogens (primary N) is 1. The molecular weight excluding hydrogens is 425 g/mol. The third-order valence-corrected chi connectivity index (χ3v) is 5.77. The molecule has 0 unspecified atom stereocenters. The maximum absolute atomic E-state index is 14.8. The van der Waals surface area contributed by atoms with E-state index < -0.39 is 17.4 Å². The Morgan fingerprint density at radius 3 is 2.45 bits per heavy atom. The van der Waals surface area contributed by atoms with Gasteiger partial charge in [0, 0.05) is 18.6 Å². The molecule has 1 aromatic rings. The topological polar surface area (TPSA) is 93.8 Å². The van der Waals surface area contributed by atoms with Crippen LogP contribution in [0.5, 0.6) is 0 Å². The first kappa shape index (κ1) is 25.0. The number of carbonyl (C=O) groups is 1. The van der Waals surface area contributed by atoms with Crippen molar-refractivity contribution >= 4 is 17.5 Å². The summed E-state index contributed by atoms with van der Waals surface area (Å²) in [6, 6.07) is 0. The number of hydrogen-bond acceptors (Lipinski definition) is 7. The van der Waals surface area contributed by atoms with Gasteiger partial charge in [0.15, 0.2) is 5.67 Å². The predicted molar refractivity (Wildman–Crippen MR) is 126 cm³/mol. The van der Waals surface area contributed by atoms with E-state index in [2.05, 4.69) is 28.4 Å². The Balaban J connectivity index is 1.47. The van der Waals surface area contributed by atoms with Crippen LogP contribution in [0.1, 0.15) is 53.2 Å². The van der Waals surface area contributed by atoms with E-state index in [1.165, 1.54) is 4.90 Å². The average molecular weight is 462 g/mol. The fourth-order valence-corrected chi connectivity index (χ4v) is 3.70. The molecule has 1 amide bonds. The molecule has 3 rings (SSSR count). The van der Waals surface area contributed by atoms with Gasteiger partial charge in [-0.3, -0.25) is 4.98 Å². The Bertz CT molecular complexity index is 892. The fourth-order valence-electron chi connectivity index (χ4n) is 3.70. The highest BCUT2D eigenvalue weighted by atomic mass is 19.1. The molecular formula is C24H36FN5O3. The molecule has 2 saturated heterocycles. The van der Waals surface area contributed by atoms with Crippen LogP contribution in [-0.4, -0.2) is 70.6 Å². The predicted octanol–water partition coefficient (Wildman–Crippen LogP) is 3.69. The van der Waals surface area contributed by atoms with Crippen LogP contribution in [-0.2, 0) is 9.47 Å². The van der Waals surface area contributed by atoms with Crippen LogP contribution in [0.4, 0.5) is 15.0 Å². The second-order valence-electron chi connectivity index (χ2n) is 10.5. The van der Waals surface area contributed by atoms with Gasteiger partial charge in [0.25, 0.3) is 0 Å². The van der Waals surface area contributed by atoms with Crippen LogP contribution in [0.2, 0.25) is 0 Å². The number of allylic oxidation sites excluding steroid dienone is 2. The second kappa shape index (κ2) is 9.29. The van der Waals surface area contributed by atoms with E-state index in [4.69, 9.17) is 15.2 Å². The summed E-state index contributed by atoms with van der Waals surface area (Å²) in [6.45, 7) is 14.5. The number of likely N-dealkylation sites (tertiary alicyclic amines) is 1. The fraction of sp³-hybridized carbons (Fsp3) is 0.625. The van der Waals surface area contributed by atoms with Gasteiger partial charge in [-0.2, -0.15) is 0 Å². The van der Waals surface area contributed by atoms with Crippen molar-refractivity contribution in [3.05, 3.63) is 36.5 Å². The van der Waals surface area contributed by atoms with Crippen LogP contribution in [0.25, 0.3) is 5.57 Å². The van der Waals surface area contributed by atoms with E-state index in [9.17, 15) is 9.18 Å². The molecule has 0 aliphatic carbocycles. The van der Waals surface area contributed by atoms with Crippen molar-refractivity contribution in [3.8, 4) is 0 Å². The van der Waals surface area contributed by atoms with Crippen molar-refractivity contribution in [2.75, 3.05) is 37.7 Å². The minimum absolute atomic E-state index is 0.0648. The minimum atomic E-state index is -1.61. The van der Waals surface area contributed by atoms with Gasteiger partial charge < -0.3 is 25.0 Å². The zero-order valence-electron chi connectivity index (χ0n) is 20.4. The first-order chi connectivity index (χ1) is 15.3. The van der Waals surface area contributed by atoms with Crippen molar-refractivity contribution < 1.29 is 18.7 Å². The highest BCUT2D eigenvalue weighted by Gasteiger charge is 2.48. The van der Waals surface area contributed by atoms with E-state index in [1.54, 1.807) is 39.2 Å². The van der Waals surface area contributed by atoms with Gasteiger partial charge in [0.2, 0.25) is 0 Å². The molecule has 0 spiro atoms. The lowest BCUT2D eigenvalue weighted by Gasteiger charge is -2.43. The molecule has 0 bridgehead atoms. The van der Waals surface area contributed by atoms with E-state index in [0.717, 1.165) is 37.3 Å². The molecule has 0 aromatic carbocycles. The molecule has 9 heteroatoms. The van der Waals surface area contributed by atoms with Crippen molar-refractivity contribution in [2.24, 2.45) is 5.73 Å². The number of rotatable bonds is 6. The molecule has 2 aliphatic rings. The molecule has 1 aromatic heterocycles. The molecule has 2 fully saturated rings. The first-order valence-corrected chi connectivity index (χ1v) is 11.3. The quantitative estimate of drug-likeness (QED) is 0.510. The van der Waals surface area contributed by atoms with Gasteiger partial charge in [-0.1, -0.05) is 6.58 Å². The number of anilines is 1. The average Bonchev–Trinajstić information content (AvgIpc) is 2.69. The maximum Gasteiger partial charge on any atom is 0.410 e. The van der Waals surface area contributed by atoms with Crippen molar-refractivity contribution in [2.45, 2.75) is 64.3 Å². The molecule has 182 valence electrons. The summed E-state index contributed by atoms with van der Waals surface area (Å²) in [5.41, 5.74) is 5.36. The molecule has 8 nitrogen and oxygen atoms in total. The van der Waals surface area contributed by atoms with Crippen LogP contribution in [0, 0.1) is 0 Å². The van der Waals surface area contributed by atoms with Gasteiger partial charge in [0.1, 0.15) is 23.8 Å². The minimum Gasteiger partial charge on any atom is -0.491 e.